The molecule has 2 aromatic rings. The predicted octanol–water partition coefficient (Wildman–Crippen LogP) is 2.53. The van der Waals surface area contributed by atoms with Gasteiger partial charge in [-0.3, -0.25) is 4.98 Å². The Kier molecular flexibility index (Phi) is 2.24. The fourth-order valence-electron chi connectivity index (χ4n) is 2.25. The zero-order chi connectivity index (χ0) is 11.0. The van der Waals surface area contributed by atoms with Gasteiger partial charge in [0, 0.05) is 37.1 Å². The van der Waals surface area contributed by atoms with Crippen molar-refractivity contribution in [1.29, 1.82) is 0 Å². The molecule has 3 heterocycles. The number of imidazole rings is 1. The van der Waals surface area contributed by atoms with E-state index >= 15 is 0 Å². The number of aryl methyl sites for hydroxylation is 1. The van der Waals surface area contributed by atoms with E-state index in [4.69, 9.17) is 4.98 Å². The molecule has 0 N–H and O–H groups in total. The summed E-state index contributed by atoms with van der Waals surface area (Å²) < 4.78 is 2.29. The lowest BCUT2D eigenvalue weighted by Crippen LogP contribution is -2.16. The van der Waals surface area contributed by atoms with Crippen LogP contribution in [0.15, 0.2) is 30.7 Å². The predicted molar refractivity (Wildman–Crippen MR) is 62.9 cm³/mol. The summed E-state index contributed by atoms with van der Waals surface area (Å²) >= 11 is 0. The third-order valence-electron chi connectivity index (χ3n) is 3.23. The average molecular weight is 213 g/mol. The highest BCUT2D eigenvalue weighted by atomic mass is 15.1. The minimum Gasteiger partial charge on any atom is -0.334 e. The molecule has 0 saturated carbocycles. The van der Waals surface area contributed by atoms with Crippen LogP contribution in [0.25, 0.3) is 11.3 Å². The van der Waals surface area contributed by atoms with Crippen molar-refractivity contribution >= 4 is 0 Å². The van der Waals surface area contributed by atoms with Crippen LogP contribution in [0.5, 0.6) is 0 Å². The first-order valence-electron chi connectivity index (χ1n) is 5.79. The molecule has 2 aromatic heterocycles. The summed E-state index contributed by atoms with van der Waals surface area (Å²) in [5, 5.41) is 0. The fourth-order valence-corrected chi connectivity index (χ4v) is 2.25. The summed E-state index contributed by atoms with van der Waals surface area (Å²) in [6.07, 6.45) is 8.16. The highest BCUT2D eigenvalue weighted by Gasteiger charge is 2.17. The van der Waals surface area contributed by atoms with Gasteiger partial charge in [-0.1, -0.05) is 6.92 Å². The molecule has 0 radical (unpaired) electrons. The van der Waals surface area contributed by atoms with Gasteiger partial charge in [0.2, 0.25) is 0 Å². The van der Waals surface area contributed by atoms with Crippen LogP contribution in [-0.4, -0.2) is 14.5 Å². The third kappa shape index (κ3) is 1.62. The first-order valence-corrected chi connectivity index (χ1v) is 5.79. The maximum absolute atomic E-state index is 4.71. The summed E-state index contributed by atoms with van der Waals surface area (Å²) in [7, 11) is 0. The van der Waals surface area contributed by atoms with E-state index in [2.05, 4.69) is 22.7 Å². The van der Waals surface area contributed by atoms with E-state index in [0.29, 0.717) is 0 Å². The zero-order valence-corrected chi connectivity index (χ0v) is 9.43. The van der Waals surface area contributed by atoms with Crippen molar-refractivity contribution in [2.45, 2.75) is 26.3 Å². The van der Waals surface area contributed by atoms with E-state index < -0.39 is 0 Å². The molecule has 3 heteroatoms. The van der Waals surface area contributed by atoms with Crippen LogP contribution in [0, 0.1) is 5.92 Å². The molecule has 3 rings (SSSR count). The van der Waals surface area contributed by atoms with Gasteiger partial charge in [0.25, 0.3) is 0 Å². The number of nitrogens with zero attached hydrogens (tertiary/aromatic N) is 3. The molecule has 0 saturated heterocycles. The van der Waals surface area contributed by atoms with Gasteiger partial charge in [0.1, 0.15) is 5.82 Å². The van der Waals surface area contributed by atoms with E-state index in [1.807, 2.05) is 24.5 Å². The second-order valence-corrected chi connectivity index (χ2v) is 4.57. The molecule has 0 aliphatic carbocycles. The van der Waals surface area contributed by atoms with E-state index in [9.17, 15) is 0 Å². The van der Waals surface area contributed by atoms with Gasteiger partial charge >= 0.3 is 0 Å². The van der Waals surface area contributed by atoms with Crippen LogP contribution in [0.4, 0.5) is 0 Å². The molecule has 1 unspecified atom stereocenters. The fraction of sp³-hybridized carbons (Fsp3) is 0.385. The molecular weight excluding hydrogens is 198 g/mol. The normalized spacial score (nSPS) is 19.4. The van der Waals surface area contributed by atoms with E-state index in [1.54, 1.807) is 0 Å². The minimum absolute atomic E-state index is 0.764. The van der Waals surface area contributed by atoms with Gasteiger partial charge in [-0.2, -0.15) is 0 Å². The third-order valence-corrected chi connectivity index (χ3v) is 3.23. The number of fused-ring (bicyclic) bond motifs is 1. The van der Waals surface area contributed by atoms with E-state index in [1.165, 1.54) is 12.2 Å². The van der Waals surface area contributed by atoms with Crippen LogP contribution in [0.2, 0.25) is 0 Å². The topological polar surface area (TPSA) is 30.7 Å². The molecule has 1 aliphatic rings. The molecule has 0 spiro atoms. The maximum Gasteiger partial charge on any atom is 0.109 e. The van der Waals surface area contributed by atoms with Crippen molar-refractivity contribution in [1.82, 2.24) is 14.5 Å². The molecule has 1 atom stereocenters. The number of hydrogen-bond acceptors (Lipinski definition) is 2. The van der Waals surface area contributed by atoms with Crippen molar-refractivity contribution in [3.8, 4) is 11.3 Å². The number of hydrogen-bond donors (Lipinski definition) is 0. The standard InChI is InChI=1S/C13H15N3/c1-10-4-7-16-9-12(15-13(16)8-10)11-2-5-14-6-3-11/h2-3,5-6,9-10H,4,7-8H2,1H3. The van der Waals surface area contributed by atoms with Crippen molar-refractivity contribution in [2.75, 3.05) is 0 Å². The van der Waals surface area contributed by atoms with Crippen molar-refractivity contribution < 1.29 is 0 Å². The van der Waals surface area contributed by atoms with Crippen molar-refractivity contribution in [2.24, 2.45) is 5.92 Å². The van der Waals surface area contributed by atoms with Crippen LogP contribution in [0.3, 0.4) is 0 Å². The lowest BCUT2D eigenvalue weighted by molar-refractivity contribution is 0.409. The van der Waals surface area contributed by atoms with Gasteiger partial charge in [0.05, 0.1) is 5.69 Å². The monoisotopic (exact) mass is 213 g/mol. The number of rotatable bonds is 1. The van der Waals surface area contributed by atoms with Gasteiger partial charge in [-0.15, -0.1) is 0 Å². The highest BCUT2D eigenvalue weighted by molar-refractivity contribution is 5.57. The number of aromatic nitrogens is 3. The maximum atomic E-state index is 4.71. The second-order valence-electron chi connectivity index (χ2n) is 4.57. The Labute approximate surface area is 95.2 Å². The van der Waals surface area contributed by atoms with Gasteiger partial charge in [-0.25, -0.2) is 4.98 Å². The Morgan fingerprint density at radius 3 is 2.94 bits per heavy atom. The van der Waals surface area contributed by atoms with Crippen LogP contribution >= 0.6 is 0 Å². The van der Waals surface area contributed by atoms with Gasteiger partial charge in [0.15, 0.2) is 0 Å². The molecular formula is C13H15N3. The first-order chi connectivity index (χ1) is 7.83. The average Bonchev–Trinajstić information content (AvgIpc) is 2.73. The van der Waals surface area contributed by atoms with Crippen LogP contribution < -0.4 is 0 Å². The largest absolute Gasteiger partial charge is 0.334 e. The number of pyridine rings is 1. The summed E-state index contributed by atoms with van der Waals surface area (Å²) in [6, 6.07) is 4.02. The zero-order valence-electron chi connectivity index (χ0n) is 9.43. The Balaban J connectivity index is 1.99. The molecule has 0 fully saturated rings. The molecule has 16 heavy (non-hydrogen) atoms. The Bertz CT molecular complexity index is 487. The lowest BCUT2D eigenvalue weighted by atomic mass is 10.0. The van der Waals surface area contributed by atoms with E-state index in [0.717, 1.165) is 30.1 Å². The summed E-state index contributed by atoms with van der Waals surface area (Å²) in [5.74, 6) is 1.99. The minimum atomic E-state index is 0.764. The molecule has 0 aromatic carbocycles. The highest BCUT2D eigenvalue weighted by Crippen LogP contribution is 2.24. The van der Waals surface area contributed by atoms with Crippen LogP contribution in [-0.2, 0) is 13.0 Å². The lowest BCUT2D eigenvalue weighted by Gasteiger charge is -2.18. The summed E-state index contributed by atoms with van der Waals surface area (Å²) in [5.41, 5.74) is 2.23. The Morgan fingerprint density at radius 2 is 2.12 bits per heavy atom. The molecule has 0 amide bonds. The molecule has 82 valence electrons. The van der Waals surface area contributed by atoms with Gasteiger partial charge < -0.3 is 4.57 Å². The quantitative estimate of drug-likeness (QED) is 0.728. The first kappa shape index (κ1) is 9.58. The van der Waals surface area contributed by atoms with Crippen molar-refractivity contribution in [3.63, 3.8) is 0 Å². The molecule has 1 aliphatic heterocycles. The SMILES string of the molecule is CC1CCn2cc(-c3ccncc3)nc2C1. The molecule has 3 nitrogen and oxygen atoms in total. The Morgan fingerprint density at radius 1 is 1.31 bits per heavy atom. The molecule has 0 bridgehead atoms. The summed E-state index contributed by atoms with van der Waals surface area (Å²) in [4.78, 5) is 8.74. The Hall–Kier alpha value is -1.64. The van der Waals surface area contributed by atoms with E-state index in [-0.39, 0.29) is 0 Å². The smallest absolute Gasteiger partial charge is 0.109 e. The van der Waals surface area contributed by atoms with Gasteiger partial charge in [-0.05, 0) is 24.5 Å². The second kappa shape index (κ2) is 3.74. The van der Waals surface area contributed by atoms with Crippen molar-refractivity contribution in [3.05, 3.63) is 36.5 Å². The summed E-state index contributed by atoms with van der Waals surface area (Å²) in [6.45, 7) is 3.40. The van der Waals surface area contributed by atoms with Crippen LogP contribution in [0.1, 0.15) is 19.2 Å².